The van der Waals surface area contributed by atoms with Crippen molar-refractivity contribution in [2.75, 3.05) is 13.7 Å². The number of nitrogens with zero attached hydrogens (tertiary/aromatic N) is 2. The second-order valence-electron chi connectivity index (χ2n) is 7.41. The fraction of sp³-hybridized carbons (Fsp3) is 0.391. The molecule has 6 heteroatoms. The quantitative estimate of drug-likeness (QED) is 0.814. The van der Waals surface area contributed by atoms with Gasteiger partial charge in [0.2, 0.25) is 5.90 Å². The minimum Gasteiger partial charge on any atom is -0.496 e. The summed E-state index contributed by atoms with van der Waals surface area (Å²) in [4.78, 5) is 4.83. The number of nitrogens with two attached hydrogens (primary N) is 1. The number of allylic oxidation sites excluding steroid dienone is 2. The van der Waals surface area contributed by atoms with E-state index in [4.69, 9.17) is 20.2 Å². The minimum atomic E-state index is -0.258. The molecule has 29 heavy (non-hydrogen) atoms. The molecule has 1 aromatic carbocycles. The van der Waals surface area contributed by atoms with Gasteiger partial charge in [0.15, 0.2) is 0 Å². The number of aliphatic imine (C=N–C) groups is 1. The first-order chi connectivity index (χ1) is 13.8. The predicted molar refractivity (Wildman–Crippen MR) is 114 cm³/mol. The van der Waals surface area contributed by atoms with Gasteiger partial charge in [-0.3, -0.25) is 0 Å². The highest BCUT2D eigenvalue weighted by atomic mass is 16.5. The van der Waals surface area contributed by atoms with Gasteiger partial charge in [0.25, 0.3) is 0 Å². The molecule has 3 N–H and O–H groups in total. The predicted octanol–water partition coefficient (Wildman–Crippen LogP) is 3.73. The number of benzene rings is 1. The fourth-order valence-electron chi connectivity index (χ4n) is 4.07. The van der Waals surface area contributed by atoms with Gasteiger partial charge in [-0.05, 0) is 32.9 Å². The molecule has 0 radical (unpaired) electrons. The molecule has 2 heterocycles. The van der Waals surface area contributed by atoms with Crippen LogP contribution in [0.2, 0.25) is 0 Å². The van der Waals surface area contributed by atoms with Crippen LogP contribution in [-0.2, 0) is 4.74 Å². The van der Waals surface area contributed by atoms with E-state index >= 15 is 0 Å². The topological polar surface area (TPSA) is 92.7 Å². The molecule has 6 nitrogen and oxygen atoms in total. The maximum Gasteiger partial charge on any atom is 0.214 e. The van der Waals surface area contributed by atoms with Gasteiger partial charge >= 0.3 is 0 Å². The Balaban J connectivity index is 2.31. The normalized spacial score (nSPS) is 23.6. The maximum atomic E-state index is 9.30. The van der Waals surface area contributed by atoms with Gasteiger partial charge in [0.1, 0.15) is 5.75 Å². The standard InChI is InChI=1S/C23H28N4O2/c1-7-29-23-21-20(17-9-8-16(11-24)10-18(17)28-6)19(13(3)25)15(5)26-22(21)12(2)14(4)27-23/h8-10,12,14,20,26H,3,7,25H2,1-2,4-6H3/t12-,14?,20?/m1/s1. The molecule has 152 valence electrons. The fourth-order valence-corrected chi connectivity index (χ4v) is 4.07. The lowest BCUT2D eigenvalue weighted by molar-refractivity contribution is 0.313. The minimum absolute atomic E-state index is 0.0849. The third-order valence-electron chi connectivity index (χ3n) is 5.62. The van der Waals surface area contributed by atoms with Gasteiger partial charge in [-0.25, -0.2) is 4.99 Å². The molecular weight excluding hydrogens is 364 g/mol. The van der Waals surface area contributed by atoms with Crippen LogP contribution in [0.25, 0.3) is 0 Å². The Kier molecular flexibility index (Phi) is 5.69. The summed E-state index contributed by atoms with van der Waals surface area (Å²) in [6, 6.07) is 7.70. The molecule has 0 bridgehead atoms. The molecule has 0 aliphatic carbocycles. The summed E-state index contributed by atoms with van der Waals surface area (Å²) in [6.07, 6.45) is 0. The average Bonchev–Trinajstić information content (AvgIpc) is 2.70. The lowest BCUT2D eigenvalue weighted by Crippen LogP contribution is -2.39. The SMILES string of the molecule is C=C(N)C1=C(C)NC2=C(C(OCC)=NC(C)[C@H]2C)C1c1ccc(C#N)cc1OC. The second-order valence-corrected chi connectivity index (χ2v) is 7.41. The molecule has 2 aliphatic heterocycles. The van der Waals surface area contributed by atoms with Crippen molar-refractivity contribution in [2.45, 2.75) is 39.7 Å². The third kappa shape index (κ3) is 3.49. The first-order valence-corrected chi connectivity index (χ1v) is 9.79. The van der Waals surface area contributed by atoms with Gasteiger partial charge in [-0.1, -0.05) is 19.6 Å². The monoisotopic (exact) mass is 392 g/mol. The third-order valence-corrected chi connectivity index (χ3v) is 5.62. The van der Waals surface area contributed by atoms with Crippen LogP contribution in [0.5, 0.6) is 5.75 Å². The van der Waals surface area contributed by atoms with Gasteiger partial charge in [-0.2, -0.15) is 5.26 Å². The van der Waals surface area contributed by atoms with Crippen LogP contribution in [0.15, 0.2) is 58.0 Å². The number of hydrogen-bond donors (Lipinski definition) is 2. The van der Waals surface area contributed by atoms with Crippen LogP contribution in [0, 0.1) is 17.2 Å². The van der Waals surface area contributed by atoms with Gasteiger partial charge in [-0.15, -0.1) is 0 Å². The van der Waals surface area contributed by atoms with Crippen molar-refractivity contribution in [3.05, 3.63) is 64.1 Å². The summed E-state index contributed by atoms with van der Waals surface area (Å²) < 4.78 is 11.6. The molecule has 3 rings (SSSR count). The molecule has 3 atom stereocenters. The highest BCUT2D eigenvalue weighted by molar-refractivity contribution is 5.98. The zero-order valence-electron chi connectivity index (χ0n) is 17.7. The summed E-state index contributed by atoms with van der Waals surface area (Å²) in [6.45, 7) is 12.7. The zero-order chi connectivity index (χ0) is 21.3. The molecule has 0 saturated heterocycles. The molecule has 2 unspecified atom stereocenters. The van der Waals surface area contributed by atoms with E-state index in [1.165, 1.54) is 0 Å². The Morgan fingerprint density at radius 2 is 2.10 bits per heavy atom. The molecular formula is C23H28N4O2. The van der Waals surface area contributed by atoms with Crippen LogP contribution in [0.4, 0.5) is 0 Å². The Labute approximate surface area is 172 Å². The van der Waals surface area contributed by atoms with E-state index in [1.54, 1.807) is 19.2 Å². The second kappa shape index (κ2) is 8.04. The lowest BCUT2D eigenvalue weighted by atomic mass is 9.75. The summed E-state index contributed by atoms with van der Waals surface area (Å²) in [5, 5.41) is 12.8. The van der Waals surface area contributed by atoms with Crippen LogP contribution < -0.4 is 15.8 Å². The van der Waals surface area contributed by atoms with E-state index in [-0.39, 0.29) is 17.9 Å². The van der Waals surface area contributed by atoms with E-state index in [0.29, 0.717) is 29.5 Å². The molecule has 0 amide bonds. The van der Waals surface area contributed by atoms with E-state index < -0.39 is 0 Å². The van der Waals surface area contributed by atoms with E-state index in [0.717, 1.165) is 28.1 Å². The number of nitrogens with one attached hydrogen (secondary N) is 1. The van der Waals surface area contributed by atoms with Crippen molar-refractivity contribution in [2.24, 2.45) is 16.6 Å². The molecule has 0 saturated carbocycles. The van der Waals surface area contributed by atoms with E-state index in [9.17, 15) is 5.26 Å². The highest BCUT2D eigenvalue weighted by Crippen LogP contribution is 2.47. The molecule has 0 fully saturated rings. The Morgan fingerprint density at radius 3 is 2.69 bits per heavy atom. The van der Waals surface area contributed by atoms with Crippen molar-refractivity contribution in [3.63, 3.8) is 0 Å². The highest BCUT2D eigenvalue weighted by Gasteiger charge is 2.40. The molecule has 0 aromatic heterocycles. The average molecular weight is 393 g/mol. The van der Waals surface area contributed by atoms with Crippen LogP contribution in [0.3, 0.4) is 0 Å². The number of hydrogen-bond acceptors (Lipinski definition) is 6. The van der Waals surface area contributed by atoms with Crippen molar-refractivity contribution in [3.8, 4) is 11.8 Å². The smallest absolute Gasteiger partial charge is 0.214 e. The Bertz CT molecular complexity index is 981. The first kappa shape index (κ1) is 20.5. The van der Waals surface area contributed by atoms with Crippen molar-refractivity contribution in [1.29, 1.82) is 5.26 Å². The van der Waals surface area contributed by atoms with Crippen molar-refractivity contribution >= 4 is 5.90 Å². The number of dihydropyridines is 2. The lowest BCUT2D eigenvalue weighted by Gasteiger charge is -2.39. The number of methoxy groups -OCH3 is 1. The number of rotatable bonds is 4. The first-order valence-electron chi connectivity index (χ1n) is 9.79. The van der Waals surface area contributed by atoms with Crippen LogP contribution in [-0.4, -0.2) is 25.7 Å². The molecule has 2 aliphatic rings. The van der Waals surface area contributed by atoms with Crippen molar-refractivity contribution in [1.82, 2.24) is 5.32 Å². The van der Waals surface area contributed by atoms with Gasteiger partial charge < -0.3 is 20.5 Å². The summed E-state index contributed by atoms with van der Waals surface area (Å²) in [5.74, 6) is 1.16. The zero-order valence-corrected chi connectivity index (χ0v) is 17.7. The largest absolute Gasteiger partial charge is 0.496 e. The summed E-state index contributed by atoms with van der Waals surface area (Å²) >= 11 is 0. The van der Waals surface area contributed by atoms with E-state index in [1.807, 2.05) is 19.9 Å². The number of nitriles is 1. The summed E-state index contributed by atoms with van der Waals surface area (Å²) in [7, 11) is 1.60. The number of ether oxygens (including phenoxy) is 2. The Hall–Kier alpha value is -3.20. The summed E-state index contributed by atoms with van der Waals surface area (Å²) in [5.41, 5.74) is 12.0. The van der Waals surface area contributed by atoms with Crippen molar-refractivity contribution < 1.29 is 9.47 Å². The molecule has 0 spiro atoms. The van der Waals surface area contributed by atoms with Crippen LogP contribution >= 0.6 is 0 Å². The van der Waals surface area contributed by atoms with Gasteiger partial charge in [0, 0.05) is 45.6 Å². The maximum absolute atomic E-state index is 9.30. The molecule has 1 aromatic rings. The van der Waals surface area contributed by atoms with Gasteiger partial charge in [0.05, 0.1) is 31.4 Å². The Morgan fingerprint density at radius 1 is 1.38 bits per heavy atom. The van der Waals surface area contributed by atoms with Crippen LogP contribution in [0.1, 0.15) is 44.7 Å². The van der Waals surface area contributed by atoms with E-state index in [2.05, 4.69) is 31.8 Å².